The van der Waals surface area contributed by atoms with Crippen molar-refractivity contribution in [3.8, 4) is 0 Å². The second-order valence-electron chi connectivity index (χ2n) is 11.5. The summed E-state index contributed by atoms with van der Waals surface area (Å²) in [5.41, 5.74) is 0.188. The van der Waals surface area contributed by atoms with Crippen molar-refractivity contribution in [2.75, 3.05) is 6.54 Å². The molecule has 2 heterocycles. The van der Waals surface area contributed by atoms with Crippen LogP contribution in [0.2, 0.25) is 0 Å². The molecular weight excluding hydrogens is 450 g/mol. The Hall–Kier alpha value is -0.0800. The van der Waals surface area contributed by atoms with Crippen molar-refractivity contribution in [2.24, 2.45) is 47.3 Å². The van der Waals surface area contributed by atoms with Crippen LogP contribution in [0.15, 0.2) is 0 Å². The highest BCUT2D eigenvalue weighted by Gasteiger charge is 2.63. The van der Waals surface area contributed by atoms with Crippen molar-refractivity contribution in [3.05, 3.63) is 0 Å². The predicted molar refractivity (Wildman–Crippen MR) is 166 cm³/mol. The monoisotopic (exact) mass is 522 g/mol. The highest BCUT2D eigenvalue weighted by atomic mass is 16.5. The maximum absolute atomic E-state index is 7.02. The van der Waals surface area contributed by atoms with Gasteiger partial charge >= 0.3 is 0 Å². The third-order valence-electron chi connectivity index (χ3n) is 11.0. The van der Waals surface area contributed by atoms with Crippen LogP contribution < -0.4 is 5.32 Å². The van der Waals surface area contributed by atoms with E-state index in [0.717, 1.165) is 41.4 Å². The van der Waals surface area contributed by atoms with Crippen molar-refractivity contribution in [1.29, 1.82) is 0 Å². The van der Waals surface area contributed by atoms with Gasteiger partial charge in [0.05, 0.1) is 11.7 Å². The van der Waals surface area contributed by atoms with Gasteiger partial charge in [-0.25, -0.2) is 0 Å². The van der Waals surface area contributed by atoms with E-state index in [1.54, 1.807) is 32.1 Å². The Morgan fingerprint density at radius 2 is 1.19 bits per heavy atom. The molecule has 6 rings (SSSR count). The summed E-state index contributed by atoms with van der Waals surface area (Å²) in [4.78, 5) is 0. The normalized spacial score (nSPS) is 44.4. The Morgan fingerprint density at radius 1 is 0.568 bits per heavy atom. The van der Waals surface area contributed by atoms with Crippen LogP contribution in [0.3, 0.4) is 0 Å². The Morgan fingerprint density at radius 3 is 1.84 bits per heavy atom. The second kappa shape index (κ2) is 17.6. The molecule has 2 saturated heterocycles. The molecule has 1 N–H and O–H groups in total. The van der Waals surface area contributed by atoms with Gasteiger partial charge in [-0.1, -0.05) is 102 Å². The Kier molecular flexibility index (Phi) is 16.6. The lowest BCUT2D eigenvalue weighted by molar-refractivity contribution is -0.141. The number of hydrogen-bond donors (Lipinski definition) is 1. The third-order valence-corrected chi connectivity index (χ3v) is 11.0. The van der Waals surface area contributed by atoms with Crippen LogP contribution >= 0.6 is 0 Å². The summed E-state index contributed by atoms with van der Waals surface area (Å²) in [5.74, 6) is 7.80. The zero-order chi connectivity index (χ0) is 28.2. The zero-order valence-corrected chi connectivity index (χ0v) is 27.7. The first kappa shape index (κ1) is 34.9. The lowest BCUT2D eigenvalue weighted by Gasteiger charge is -2.49. The number of hydrogen-bond acceptors (Lipinski definition) is 2. The molecule has 6 aliphatic rings. The number of fused-ring (bicyclic) bond motifs is 6. The van der Waals surface area contributed by atoms with E-state index in [0.29, 0.717) is 18.1 Å². The van der Waals surface area contributed by atoms with E-state index in [1.165, 1.54) is 45.1 Å². The molecule has 0 aromatic heterocycles. The molecule has 11 atom stereocenters. The number of nitrogens with one attached hydrogen (secondary N) is 1. The Labute approximate surface area is 235 Å². The topological polar surface area (TPSA) is 21.3 Å². The Balaban J connectivity index is 0.000000618. The van der Waals surface area contributed by atoms with Crippen LogP contribution in [-0.4, -0.2) is 24.3 Å². The zero-order valence-electron chi connectivity index (χ0n) is 27.7. The lowest BCUT2D eigenvalue weighted by atomic mass is 9.59. The van der Waals surface area contributed by atoms with E-state index in [4.69, 9.17) is 4.74 Å². The quantitative estimate of drug-likeness (QED) is 0.342. The number of rotatable bonds is 0. The second-order valence-corrected chi connectivity index (χ2v) is 11.5. The first-order valence-corrected chi connectivity index (χ1v) is 17.6. The minimum absolute atomic E-state index is 0.188. The smallest absolute Gasteiger partial charge is 0.0756 e. The average Bonchev–Trinajstić information content (AvgIpc) is 3.53. The van der Waals surface area contributed by atoms with E-state index in [9.17, 15) is 0 Å². The standard InChI is InChI=1S/C25H41NO.5C2H6/c1-15-21-14-22-18-7-4-3-6-17(18)9-10-19(22)20(21)11-12-25(15)16(2)24-23(27-25)8-5-13-26-24;5*1-2/h15-24,26H,3-14H2,1-2H3;5*1-2H3. The molecule has 0 aromatic rings. The van der Waals surface area contributed by atoms with E-state index in [2.05, 4.69) is 19.2 Å². The summed E-state index contributed by atoms with van der Waals surface area (Å²) in [7, 11) is 0. The van der Waals surface area contributed by atoms with E-state index < -0.39 is 0 Å². The molecule has 2 heteroatoms. The summed E-state index contributed by atoms with van der Waals surface area (Å²) in [6, 6.07) is 0.629. The molecule has 4 aliphatic carbocycles. The minimum atomic E-state index is 0.188. The van der Waals surface area contributed by atoms with E-state index >= 15 is 0 Å². The molecule has 2 nitrogen and oxygen atoms in total. The summed E-state index contributed by atoms with van der Waals surface area (Å²) in [6.45, 7) is 26.3. The fraction of sp³-hybridized carbons (Fsp3) is 1.00. The number of ether oxygens (including phenoxy) is 1. The van der Waals surface area contributed by atoms with Gasteiger partial charge in [-0.2, -0.15) is 0 Å². The van der Waals surface area contributed by atoms with Crippen LogP contribution in [0.5, 0.6) is 0 Å². The molecule has 0 radical (unpaired) electrons. The van der Waals surface area contributed by atoms with Crippen molar-refractivity contribution < 1.29 is 4.74 Å². The van der Waals surface area contributed by atoms with Crippen LogP contribution in [-0.2, 0) is 4.74 Å². The van der Waals surface area contributed by atoms with Gasteiger partial charge in [0, 0.05) is 12.0 Å². The molecule has 222 valence electrons. The SMILES string of the molecule is CC.CC.CC.CC.CC.CC1C2CC3C4CCCCC4CCC3C2CCC12OC1CCCNC1C2C. The minimum Gasteiger partial charge on any atom is -0.370 e. The molecule has 0 amide bonds. The number of piperidine rings is 1. The molecule has 11 unspecified atom stereocenters. The highest BCUT2D eigenvalue weighted by Crippen LogP contribution is 2.64. The van der Waals surface area contributed by atoms with Gasteiger partial charge in [-0.3, -0.25) is 0 Å². The fourth-order valence-electron chi connectivity index (χ4n) is 9.79. The first-order valence-electron chi connectivity index (χ1n) is 17.6. The predicted octanol–water partition coefficient (Wildman–Crippen LogP) is 10.5. The molecule has 0 bridgehead atoms. The molecule has 2 aliphatic heterocycles. The van der Waals surface area contributed by atoms with Crippen LogP contribution in [0, 0.1) is 47.3 Å². The summed E-state index contributed by atoms with van der Waals surface area (Å²) in [6.07, 6.45) is 16.8. The summed E-state index contributed by atoms with van der Waals surface area (Å²) < 4.78 is 7.02. The lowest BCUT2D eigenvalue weighted by Crippen LogP contribution is -2.52. The third kappa shape index (κ3) is 6.81. The van der Waals surface area contributed by atoms with Crippen LogP contribution in [0.1, 0.15) is 154 Å². The molecule has 0 aromatic carbocycles. The summed E-state index contributed by atoms with van der Waals surface area (Å²) >= 11 is 0. The first-order chi connectivity index (χ1) is 18.2. The van der Waals surface area contributed by atoms with E-state index in [-0.39, 0.29) is 5.60 Å². The maximum atomic E-state index is 7.02. The van der Waals surface area contributed by atoms with Crippen molar-refractivity contribution in [3.63, 3.8) is 0 Å². The molecule has 4 saturated carbocycles. The molecular formula is C35H71NO. The molecule has 1 spiro atoms. The largest absolute Gasteiger partial charge is 0.370 e. The highest BCUT2D eigenvalue weighted by molar-refractivity contribution is 5.13. The molecule has 6 fully saturated rings. The van der Waals surface area contributed by atoms with Gasteiger partial charge in [0.2, 0.25) is 0 Å². The van der Waals surface area contributed by atoms with Gasteiger partial charge < -0.3 is 10.1 Å². The fourth-order valence-corrected chi connectivity index (χ4v) is 9.79. The van der Waals surface area contributed by atoms with Gasteiger partial charge in [0.25, 0.3) is 0 Å². The van der Waals surface area contributed by atoms with Gasteiger partial charge in [0.1, 0.15) is 0 Å². The maximum Gasteiger partial charge on any atom is 0.0756 e. The summed E-state index contributed by atoms with van der Waals surface area (Å²) in [5, 5.41) is 3.84. The van der Waals surface area contributed by atoms with Gasteiger partial charge in [0.15, 0.2) is 0 Å². The van der Waals surface area contributed by atoms with Crippen LogP contribution in [0.25, 0.3) is 0 Å². The average molecular weight is 522 g/mol. The van der Waals surface area contributed by atoms with Crippen molar-refractivity contribution >= 4 is 0 Å². The van der Waals surface area contributed by atoms with Crippen molar-refractivity contribution in [2.45, 2.75) is 171 Å². The van der Waals surface area contributed by atoms with Crippen LogP contribution in [0.4, 0.5) is 0 Å². The van der Waals surface area contributed by atoms with Gasteiger partial charge in [-0.05, 0) is 99.3 Å². The van der Waals surface area contributed by atoms with E-state index in [1.807, 2.05) is 69.2 Å². The van der Waals surface area contributed by atoms with Crippen molar-refractivity contribution in [1.82, 2.24) is 5.32 Å². The molecule has 37 heavy (non-hydrogen) atoms. The Bertz CT molecular complexity index is 578. The van der Waals surface area contributed by atoms with Gasteiger partial charge in [-0.15, -0.1) is 0 Å².